The maximum atomic E-state index is 12.8. The summed E-state index contributed by atoms with van der Waals surface area (Å²) in [6.45, 7) is 7.31. The van der Waals surface area contributed by atoms with E-state index in [9.17, 15) is 14.7 Å². The molecule has 1 atom stereocenters. The fourth-order valence-corrected chi connectivity index (χ4v) is 3.24. The van der Waals surface area contributed by atoms with Crippen molar-refractivity contribution in [1.82, 2.24) is 19.6 Å². The highest BCUT2D eigenvalue weighted by atomic mass is 16.4. The minimum Gasteiger partial charge on any atom is -0.480 e. The summed E-state index contributed by atoms with van der Waals surface area (Å²) in [6.07, 6.45) is 1.47. The predicted molar refractivity (Wildman–Crippen MR) is 96.9 cm³/mol. The lowest BCUT2D eigenvalue weighted by Gasteiger charge is -2.35. The molecule has 2 aromatic rings. The normalized spacial score (nSPS) is 16.5. The summed E-state index contributed by atoms with van der Waals surface area (Å²) in [6, 6.07) is 9.17. The summed E-state index contributed by atoms with van der Waals surface area (Å²) in [5.41, 5.74) is 2.85. The molecule has 0 aliphatic carbocycles. The van der Waals surface area contributed by atoms with Gasteiger partial charge in [-0.1, -0.05) is 29.8 Å². The third kappa shape index (κ3) is 3.94. The number of benzene rings is 1. The number of carbonyl (C=O) groups excluding carboxylic acids is 1. The molecule has 138 valence electrons. The van der Waals surface area contributed by atoms with Gasteiger partial charge in [0, 0.05) is 38.9 Å². The number of aromatic nitrogens is 2. The maximum absolute atomic E-state index is 12.8. The number of amides is 1. The van der Waals surface area contributed by atoms with E-state index in [1.165, 1.54) is 28.9 Å². The van der Waals surface area contributed by atoms with Gasteiger partial charge in [-0.2, -0.15) is 5.10 Å². The van der Waals surface area contributed by atoms with Crippen molar-refractivity contribution in [2.45, 2.75) is 26.4 Å². The molecule has 1 aliphatic heterocycles. The zero-order valence-electron chi connectivity index (χ0n) is 15.1. The second kappa shape index (κ2) is 7.70. The topological polar surface area (TPSA) is 78.7 Å². The van der Waals surface area contributed by atoms with Gasteiger partial charge in [0.25, 0.3) is 5.91 Å². The number of piperazine rings is 1. The Morgan fingerprint density at radius 3 is 2.58 bits per heavy atom. The summed E-state index contributed by atoms with van der Waals surface area (Å²) >= 11 is 0. The third-order valence-corrected chi connectivity index (χ3v) is 4.76. The Morgan fingerprint density at radius 2 is 1.92 bits per heavy atom. The molecule has 3 rings (SSSR count). The zero-order chi connectivity index (χ0) is 18.7. The fraction of sp³-hybridized carbons (Fsp3) is 0.421. The van der Waals surface area contributed by atoms with Crippen molar-refractivity contribution in [2.75, 3.05) is 26.2 Å². The lowest BCUT2D eigenvalue weighted by atomic mass is 10.1. The van der Waals surface area contributed by atoms with Crippen LogP contribution in [-0.2, 0) is 11.3 Å². The molecule has 7 nitrogen and oxygen atoms in total. The number of aliphatic carboxylic acids is 1. The van der Waals surface area contributed by atoms with Crippen LogP contribution >= 0.6 is 0 Å². The summed E-state index contributed by atoms with van der Waals surface area (Å²) in [7, 11) is 0. The van der Waals surface area contributed by atoms with Crippen molar-refractivity contribution in [3.63, 3.8) is 0 Å². The Balaban J connectivity index is 1.61. The number of carboxylic acid groups (broad SMARTS) is 1. The molecule has 1 N–H and O–H groups in total. The number of aryl methyl sites for hydroxylation is 1. The van der Waals surface area contributed by atoms with Crippen LogP contribution in [0.1, 0.15) is 34.6 Å². The smallest absolute Gasteiger partial charge is 0.328 e. The molecule has 1 aromatic heterocycles. The van der Waals surface area contributed by atoms with E-state index in [0.717, 1.165) is 19.6 Å². The maximum Gasteiger partial charge on any atom is 0.328 e. The highest BCUT2D eigenvalue weighted by Gasteiger charge is 2.27. The quantitative estimate of drug-likeness (QED) is 0.884. The van der Waals surface area contributed by atoms with Crippen LogP contribution in [-0.4, -0.2) is 62.7 Å². The van der Waals surface area contributed by atoms with Gasteiger partial charge in [0.1, 0.15) is 11.7 Å². The summed E-state index contributed by atoms with van der Waals surface area (Å²) < 4.78 is 1.28. The van der Waals surface area contributed by atoms with Gasteiger partial charge >= 0.3 is 5.97 Å². The largest absolute Gasteiger partial charge is 0.480 e. The zero-order valence-corrected chi connectivity index (χ0v) is 15.1. The van der Waals surface area contributed by atoms with E-state index in [0.29, 0.717) is 18.8 Å². The van der Waals surface area contributed by atoms with Gasteiger partial charge in [0.2, 0.25) is 0 Å². The van der Waals surface area contributed by atoms with E-state index >= 15 is 0 Å². The number of rotatable bonds is 5. The van der Waals surface area contributed by atoms with Gasteiger partial charge < -0.3 is 10.0 Å². The first-order valence-corrected chi connectivity index (χ1v) is 8.79. The average Bonchev–Trinajstić information content (AvgIpc) is 3.10. The van der Waals surface area contributed by atoms with Gasteiger partial charge in [0.15, 0.2) is 0 Å². The average molecular weight is 356 g/mol. The Morgan fingerprint density at radius 1 is 1.19 bits per heavy atom. The monoisotopic (exact) mass is 356 g/mol. The Hall–Kier alpha value is -2.67. The molecule has 1 unspecified atom stereocenters. The molecule has 1 fully saturated rings. The van der Waals surface area contributed by atoms with Crippen molar-refractivity contribution in [2.24, 2.45) is 0 Å². The molecule has 2 heterocycles. The molecule has 1 aromatic carbocycles. The van der Waals surface area contributed by atoms with Crippen molar-refractivity contribution in [1.29, 1.82) is 0 Å². The molecule has 1 aliphatic rings. The molecule has 0 radical (unpaired) electrons. The van der Waals surface area contributed by atoms with Crippen LogP contribution in [0.3, 0.4) is 0 Å². The van der Waals surface area contributed by atoms with E-state index in [2.05, 4.69) is 41.2 Å². The predicted octanol–water partition coefficient (Wildman–Crippen LogP) is 1.80. The number of hydrogen-bond donors (Lipinski definition) is 1. The lowest BCUT2D eigenvalue weighted by molar-refractivity contribution is -0.140. The Bertz CT molecular complexity index is 794. The minimum absolute atomic E-state index is 0.161. The second-order valence-corrected chi connectivity index (χ2v) is 6.73. The van der Waals surface area contributed by atoms with Crippen LogP contribution in [0.25, 0.3) is 0 Å². The summed E-state index contributed by atoms with van der Waals surface area (Å²) in [5.74, 6) is -1.17. The van der Waals surface area contributed by atoms with E-state index < -0.39 is 12.0 Å². The molecule has 26 heavy (non-hydrogen) atoms. The fourth-order valence-electron chi connectivity index (χ4n) is 3.24. The van der Waals surface area contributed by atoms with Gasteiger partial charge in [-0.3, -0.25) is 9.69 Å². The van der Waals surface area contributed by atoms with E-state index in [1.54, 1.807) is 11.0 Å². The van der Waals surface area contributed by atoms with Crippen LogP contribution in [0.4, 0.5) is 0 Å². The Kier molecular flexibility index (Phi) is 5.37. The van der Waals surface area contributed by atoms with Crippen molar-refractivity contribution >= 4 is 11.9 Å². The first-order valence-electron chi connectivity index (χ1n) is 8.79. The molecule has 0 saturated carbocycles. The van der Waals surface area contributed by atoms with Crippen molar-refractivity contribution in [3.8, 4) is 0 Å². The van der Waals surface area contributed by atoms with Gasteiger partial charge in [-0.15, -0.1) is 0 Å². The molecular weight excluding hydrogens is 332 g/mol. The Labute approximate surface area is 152 Å². The van der Waals surface area contributed by atoms with Gasteiger partial charge in [-0.25, -0.2) is 9.48 Å². The first-order chi connectivity index (χ1) is 12.5. The van der Waals surface area contributed by atoms with Crippen molar-refractivity contribution in [3.05, 3.63) is 53.3 Å². The number of carboxylic acids is 1. The molecule has 0 bridgehead atoms. The molecule has 1 amide bonds. The SMILES string of the molecule is Cc1cccc(CN2CCN(C(=O)c3ccnn3C(C)C(=O)O)CC2)c1. The minimum atomic E-state index is -1.01. The van der Waals surface area contributed by atoms with Gasteiger partial charge in [-0.05, 0) is 25.5 Å². The van der Waals surface area contributed by atoms with Gasteiger partial charge in [0.05, 0.1) is 0 Å². The second-order valence-electron chi connectivity index (χ2n) is 6.73. The molecule has 7 heteroatoms. The van der Waals surface area contributed by atoms with Crippen molar-refractivity contribution < 1.29 is 14.7 Å². The number of nitrogens with zero attached hydrogens (tertiary/aromatic N) is 4. The third-order valence-electron chi connectivity index (χ3n) is 4.76. The highest BCUT2D eigenvalue weighted by molar-refractivity contribution is 5.93. The highest BCUT2D eigenvalue weighted by Crippen LogP contribution is 2.15. The standard InChI is InChI=1S/C19H24N4O3/c1-14-4-3-5-16(12-14)13-21-8-10-22(11-9-21)18(24)17-6-7-20-23(17)15(2)19(25)26/h3-7,12,15H,8-11,13H2,1-2H3,(H,25,26). The summed E-state index contributed by atoms with van der Waals surface area (Å²) in [5, 5.41) is 13.2. The molecule has 0 spiro atoms. The lowest BCUT2D eigenvalue weighted by Crippen LogP contribution is -2.48. The van der Waals surface area contributed by atoms with Crippen LogP contribution in [0.15, 0.2) is 36.5 Å². The van der Waals surface area contributed by atoms with Crippen LogP contribution in [0.2, 0.25) is 0 Å². The van der Waals surface area contributed by atoms with Crippen LogP contribution in [0, 0.1) is 6.92 Å². The number of carbonyl (C=O) groups is 2. The van der Waals surface area contributed by atoms with Crippen LogP contribution in [0.5, 0.6) is 0 Å². The molecular formula is C19H24N4O3. The van der Waals surface area contributed by atoms with E-state index in [1.807, 2.05) is 0 Å². The summed E-state index contributed by atoms with van der Waals surface area (Å²) in [4.78, 5) is 28.1. The van der Waals surface area contributed by atoms with Crippen LogP contribution < -0.4 is 0 Å². The number of hydrogen-bond acceptors (Lipinski definition) is 4. The van der Waals surface area contributed by atoms with E-state index in [-0.39, 0.29) is 5.91 Å². The first kappa shape index (κ1) is 18.1. The molecule has 1 saturated heterocycles. The van der Waals surface area contributed by atoms with E-state index in [4.69, 9.17) is 0 Å².